The van der Waals surface area contributed by atoms with Crippen molar-refractivity contribution in [2.45, 2.75) is 39.7 Å². The van der Waals surface area contributed by atoms with Gasteiger partial charge in [0.25, 0.3) is 0 Å². The SMILES string of the molecule is CCc1nc(CC)n(-c2ccc(C(C)NC)cc2F)n1. The molecule has 1 aromatic heterocycles. The lowest BCUT2D eigenvalue weighted by Crippen LogP contribution is -2.13. The molecule has 0 aliphatic heterocycles. The van der Waals surface area contributed by atoms with Crippen molar-refractivity contribution < 1.29 is 4.39 Å². The van der Waals surface area contributed by atoms with Gasteiger partial charge in [0, 0.05) is 18.9 Å². The molecule has 0 bridgehead atoms. The van der Waals surface area contributed by atoms with Crippen molar-refractivity contribution in [3.05, 3.63) is 41.2 Å². The first kappa shape index (κ1) is 14.7. The van der Waals surface area contributed by atoms with Crippen LogP contribution in [0.15, 0.2) is 18.2 Å². The first-order valence-corrected chi connectivity index (χ1v) is 7.02. The minimum absolute atomic E-state index is 0.117. The van der Waals surface area contributed by atoms with Gasteiger partial charge in [-0.3, -0.25) is 0 Å². The van der Waals surface area contributed by atoms with Gasteiger partial charge in [-0.15, -0.1) is 0 Å². The summed E-state index contributed by atoms with van der Waals surface area (Å²) in [6.45, 7) is 5.99. The monoisotopic (exact) mass is 276 g/mol. The first-order valence-electron chi connectivity index (χ1n) is 7.02. The van der Waals surface area contributed by atoms with Crippen LogP contribution in [0.4, 0.5) is 4.39 Å². The van der Waals surface area contributed by atoms with Crippen LogP contribution < -0.4 is 5.32 Å². The Morgan fingerprint density at radius 2 is 2.05 bits per heavy atom. The van der Waals surface area contributed by atoms with Crippen LogP contribution in [0.2, 0.25) is 0 Å². The fourth-order valence-corrected chi connectivity index (χ4v) is 2.09. The van der Waals surface area contributed by atoms with E-state index in [9.17, 15) is 4.39 Å². The molecule has 0 aliphatic rings. The zero-order chi connectivity index (χ0) is 14.7. The maximum atomic E-state index is 14.3. The highest BCUT2D eigenvalue weighted by Crippen LogP contribution is 2.20. The van der Waals surface area contributed by atoms with Crippen LogP contribution in [0.3, 0.4) is 0 Å². The summed E-state index contributed by atoms with van der Waals surface area (Å²) in [5.41, 5.74) is 1.38. The van der Waals surface area contributed by atoms with Crippen LogP contribution in [0.25, 0.3) is 5.69 Å². The Morgan fingerprint density at radius 1 is 1.30 bits per heavy atom. The molecule has 0 radical (unpaired) electrons. The lowest BCUT2D eigenvalue weighted by atomic mass is 10.1. The van der Waals surface area contributed by atoms with Gasteiger partial charge in [-0.25, -0.2) is 14.1 Å². The van der Waals surface area contributed by atoms with Gasteiger partial charge in [0.2, 0.25) is 0 Å². The molecule has 0 spiro atoms. The summed E-state index contributed by atoms with van der Waals surface area (Å²) in [6, 6.07) is 5.37. The number of aromatic nitrogens is 3. The van der Waals surface area contributed by atoms with Crippen LogP contribution in [-0.2, 0) is 12.8 Å². The predicted molar refractivity (Wildman–Crippen MR) is 77.5 cm³/mol. The largest absolute Gasteiger partial charge is 0.313 e. The van der Waals surface area contributed by atoms with E-state index < -0.39 is 0 Å². The number of rotatable bonds is 5. The van der Waals surface area contributed by atoms with Crippen molar-refractivity contribution in [1.82, 2.24) is 20.1 Å². The first-order chi connectivity index (χ1) is 9.60. The fourth-order valence-electron chi connectivity index (χ4n) is 2.09. The molecule has 1 unspecified atom stereocenters. The molecule has 20 heavy (non-hydrogen) atoms. The van der Waals surface area contributed by atoms with E-state index in [0.717, 1.165) is 30.1 Å². The molecule has 0 saturated heterocycles. The molecule has 0 fully saturated rings. The minimum Gasteiger partial charge on any atom is -0.313 e. The summed E-state index contributed by atoms with van der Waals surface area (Å²) in [4.78, 5) is 4.41. The van der Waals surface area contributed by atoms with Gasteiger partial charge >= 0.3 is 0 Å². The number of halogens is 1. The second kappa shape index (κ2) is 6.13. The van der Waals surface area contributed by atoms with Gasteiger partial charge in [-0.05, 0) is 31.7 Å². The second-order valence-electron chi connectivity index (χ2n) is 4.78. The molecule has 0 saturated carbocycles. The summed E-state index contributed by atoms with van der Waals surface area (Å²) in [6.07, 6.45) is 1.47. The smallest absolute Gasteiger partial charge is 0.151 e. The zero-order valence-electron chi connectivity index (χ0n) is 12.4. The normalized spacial score (nSPS) is 12.7. The quantitative estimate of drug-likeness (QED) is 0.913. The molecule has 0 aliphatic carbocycles. The third-order valence-electron chi connectivity index (χ3n) is 3.48. The number of nitrogens with one attached hydrogen (secondary N) is 1. The third-order valence-corrected chi connectivity index (χ3v) is 3.48. The highest BCUT2D eigenvalue weighted by molar-refractivity contribution is 5.37. The van der Waals surface area contributed by atoms with Crippen molar-refractivity contribution >= 4 is 0 Å². The average molecular weight is 276 g/mol. The Hall–Kier alpha value is -1.75. The molecule has 1 atom stereocenters. The predicted octanol–water partition coefficient (Wildman–Crippen LogP) is 2.81. The Balaban J connectivity index is 2.45. The van der Waals surface area contributed by atoms with E-state index in [1.165, 1.54) is 0 Å². The van der Waals surface area contributed by atoms with Crippen molar-refractivity contribution in [2.75, 3.05) is 7.05 Å². The maximum absolute atomic E-state index is 14.3. The van der Waals surface area contributed by atoms with Crippen LogP contribution in [-0.4, -0.2) is 21.8 Å². The number of benzene rings is 1. The van der Waals surface area contributed by atoms with Gasteiger partial charge in [0.1, 0.15) is 17.3 Å². The van der Waals surface area contributed by atoms with Gasteiger partial charge in [0.05, 0.1) is 0 Å². The topological polar surface area (TPSA) is 42.7 Å². The molecular weight excluding hydrogens is 255 g/mol. The molecule has 4 nitrogen and oxygen atoms in total. The molecular formula is C15H21FN4. The van der Waals surface area contributed by atoms with Gasteiger partial charge < -0.3 is 5.32 Å². The van der Waals surface area contributed by atoms with E-state index in [4.69, 9.17) is 0 Å². The molecule has 2 aromatic rings. The van der Waals surface area contributed by atoms with Crippen molar-refractivity contribution in [3.8, 4) is 5.69 Å². The second-order valence-corrected chi connectivity index (χ2v) is 4.78. The lowest BCUT2D eigenvalue weighted by molar-refractivity contribution is 0.591. The van der Waals surface area contributed by atoms with E-state index in [1.807, 2.05) is 33.9 Å². The Bertz CT molecular complexity index is 592. The van der Waals surface area contributed by atoms with Gasteiger partial charge in [0.15, 0.2) is 5.82 Å². The number of aryl methyl sites for hydroxylation is 2. The van der Waals surface area contributed by atoms with E-state index in [-0.39, 0.29) is 11.9 Å². The molecule has 5 heteroatoms. The van der Waals surface area contributed by atoms with E-state index in [0.29, 0.717) is 5.69 Å². The highest BCUT2D eigenvalue weighted by Gasteiger charge is 2.14. The molecule has 2 rings (SSSR count). The van der Waals surface area contributed by atoms with E-state index in [1.54, 1.807) is 16.8 Å². The standard InChI is InChI=1S/C15H21FN4/c1-5-14-18-15(6-2)20(19-14)13-8-7-11(9-12(13)16)10(3)17-4/h7-10,17H,5-6H2,1-4H3. The molecule has 1 N–H and O–H groups in total. The van der Waals surface area contributed by atoms with Crippen molar-refractivity contribution in [2.24, 2.45) is 0 Å². The molecule has 1 aromatic carbocycles. The summed E-state index contributed by atoms with van der Waals surface area (Å²) in [7, 11) is 1.86. The highest BCUT2D eigenvalue weighted by atomic mass is 19.1. The summed E-state index contributed by atoms with van der Waals surface area (Å²) < 4.78 is 16.0. The Kier molecular flexibility index (Phi) is 4.49. The minimum atomic E-state index is -0.271. The van der Waals surface area contributed by atoms with Crippen molar-refractivity contribution in [1.29, 1.82) is 0 Å². The zero-order valence-corrected chi connectivity index (χ0v) is 12.4. The van der Waals surface area contributed by atoms with Crippen LogP contribution in [0.1, 0.15) is 44.0 Å². The Labute approximate surface area is 119 Å². The molecule has 1 heterocycles. The fraction of sp³-hybridized carbons (Fsp3) is 0.467. The van der Waals surface area contributed by atoms with Crippen LogP contribution in [0, 0.1) is 5.82 Å². The number of hydrogen-bond donors (Lipinski definition) is 1. The van der Waals surface area contributed by atoms with Crippen molar-refractivity contribution in [3.63, 3.8) is 0 Å². The summed E-state index contributed by atoms with van der Waals surface area (Å²) in [5.74, 6) is 1.26. The molecule has 0 amide bonds. The molecule has 108 valence electrons. The van der Waals surface area contributed by atoms with E-state index in [2.05, 4.69) is 15.4 Å². The Morgan fingerprint density at radius 3 is 2.60 bits per heavy atom. The number of nitrogens with zero attached hydrogens (tertiary/aromatic N) is 3. The lowest BCUT2D eigenvalue weighted by Gasteiger charge is -2.12. The average Bonchev–Trinajstić information content (AvgIpc) is 2.89. The number of hydrogen-bond acceptors (Lipinski definition) is 3. The maximum Gasteiger partial charge on any atom is 0.151 e. The van der Waals surface area contributed by atoms with Crippen LogP contribution >= 0.6 is 0 Å². The van der Waals surface area contributed by atoms with Gasteiger partial charge in [-0.2, -0.15) is 5.10 Å². The van der Waals surface area contributed by atoms with Crippen LogP contribution in [0.5, 0.6) is 0 Å². The summed E-state index contributed by atoms with van der Waals surface area (Å²) in [5, 5.41) is 7.48. The third kappa shape index (κ3) is 2.72. The van der Waals surface area contributed by atoms with E-state index >= 15 is 0 Å². The summed E-state index contributed by atoms with van der Waals surface area (Å²) >= 11 is 0. The van der Waals surface area contributed by atoms with Gasteiger partial charge in [-0.1, -0.05) is 19.9 Å².